The third-order valence-corrected chi connectivity index (χ3v) is 10.6. The van der Waals surface area contributed by atoms with Gasteiger partial charge >= 0.3 is 0 Å². The second-order valence-electron chi connectivity index (χ2n) is 12.6. The fourth-order valence-electron chi connectivity index (χ4n) is 8.45. The number of ether oxygens (including phenoxy) is 1. The minimum atomic E-state index is -1.56. The van der Waals surface area contributed by atoms with E-state index in [2.05, 4.69) is 5.43 Å². The first-order valence-corrected chi connectivity index (χ1v) is 15.6. The second kappa shape index (κ2) is 10.5. The van der Waals surface area contributed by atoms with Crippen LogP contribution >= 0.6 is 11.6 Å². The first kappa shape index (κ1) is 29.4. The second-order valence-corrected chi connectivity index (χ2v) is 13.1. The van der Waals surface area contributed by atoms with Crippen molar-refractivity contribution in [2.75, 3.05) is 5.43 Å². The molecule has 0 unspecified atom stereocenters. The molecule has 238 valence electrons. The number of benzene rings is 3. The minimum Gasteiger partial charge on any atom is -0.508 e. The van der Waals surface area contributed by atoms with Gasteiger partial charge in [0.05, 0.1) is 35.1 Å². The molecule has 3 aromatic carbocycles. The smallest absolute Gasteiger partial charge is 0.260 e. The molecule has 3 N–H and O–H groups in total. The van der Waals surface area contributed by atoms with Gasteiger partial charge in [-0.3, -0.25) is 29.8 Å². The number of hydroxylamine groups is 2. The highest BCUT2D eigenvalue weighted by Gasteiger charge is 2.70. The van der Waals surface area contributed by atoms with E-state index in [0.717, 1.165) is 5.01 Å². The van der Waals surface area contributed by atoms with Crippen LogP contribution in [-0.2, 0) is 31.0 Å². The predicted octanol–water partition coefficient (Wildman–Crippen LogP) is 4.91. The molecule has 8 rings (SSSR count). The van der Waals surface area contributed by atoms with E-state index in [1.165, 1.54) is 30.3 Å². The van der Waals surface area contributed by atoms with Crippen LogP contribution < -0.4 is 10.2 Å². The summed E-state index contributed by atoms with van der Waals surface area (Å²) in [5.41, 5.74) is 4.14. The molecule has 1 saturated carbocycles. The molecule has 5 aliphatic rings. The summed E-state index contributed by atoms with van der Waals surface area (Å²) >= 11 is 6.31. The quantitative estimate of drug-likeness (QED) is 0.205. The van der Waals surface area contributed by atoms with E-state index in [-0.39, 0.29) is 30.1 Å². The number of rotatable bonds is 4. The molecule has 0 aromatic heterocycles. The van der Waals surface area contributed by atoms with Crippen LogP contribution in [-0.4, -0.2) is 44.0 Å². The van der Waals surface area contributed by atoms with Gasteiger partial charge in [-0.15, -0.1) is 0 Å². The number of carbonyl (C=O) groups is 4. The Morgan fingerprint density at radius 3 is 2.43 bits per heavy atom. The van der Waals surface area contributed by atoms with Crippen molar-refractivity contribution in [3.05, 3.63) is 112 Å². The highest BCUT2D eigenvalue weighted by Crippen LogP contribution is 2.63. The van der Waals surface area contributed by atoms with Gasteiger partial charge in [-0.05, 0) is 84.5 Å². The molecular weight excluding hydrogens is 629 g/mol. The van der Waals surface area contributed by atoms with Gasteiger partial charge in [0.1, 0.15) is 17.3 Å². The topological polar surface area (TPSA) is 136 Å². The Bertz CT molecular complexity index is 1950. The van der Waals surface area contributed by atoms with Crippen molar-refractivity contribution in [2.24, 2.45) is 29.6 Å². The summed E-state index contributed by atoms with van der Waals surface area (Å²) in [6.07, 6.45) is 3.86. The number of aromatic hydroxyl groups is 1. The van der Waals surface area contributed by atoms with Crippen molar-refractivity contribution in [3.63, 3.8) is 0 Å². The Labute approximate surface area is 272 Å². The van der Waals surface area contributed by atoms with Crippen molar-refractivity contribution in [1.29, 1.82) is 0 Å². The predicted molar refractivity (Wildman–Crippen MR) is 164 cm³/mol. The molecule has 2 saturated heterocycles. The Balaban J connectivity index is 1.34. The van der Waals surface area contributed by atoms with E-state index in [1.807, 2.05) is 6.08 Å². The number of hydrazine groups is 1. The molecule has 4 amide bonds. The molecular formula is C35H27ClFN3O7. The summed E-state index contributed by atoms with van der Waals surface area (Å²) < 4.78 is 19.8. The van der Waals surface area contributed by atoms with Gasteiger partial charge in [0.25, 0.3) is 23.6 Å². The van der Waals surface area contributed by atoms with Gasteiger partial charge in [0, 0.05) is 22.9 Å². The van der Waals surface area contributed by atoms with Gasteiger partial charge in [-0.2, -0.15) is 10.1 Å². The number of carbonyl (C=O) groups excluding carboxylic acids is 4. The molecule has 47 heavy (non-hydrogen) atoms. The summed E-state index contributed by atoms with van der Waals surface area (Å²) in [5.74, 6) is -6.76. The Kier molecular flexibility index (Phi) is 6.58. The van der Waals surface area contributed by atoms with Crippen LogP contribution in [0, 0.1) is 35.4 Å². The Hall–Kier alpha value is -5.00. The van der Waals surface area contributed by atoms with Gasteiger partial charge < -0.3 is 9.84 Å². The van der Waals surface area contributed by atoms with Crippen molar-refractivity contribution >= 4 is 40.9 Å². The molecule has 0 spiro atoms. The molecule has 6 atom stereocenters. The fourth-order valence-corrected chi connectivity index (χ4v) is 8.58. The lowest BCUT2D eigenvalue weighted by molar-refractivity contribution is -0.173. The minimum absolute atomic E-state index is 0.0278. The van der Waals surface area contributed by atoms with E-state index in [0.29, 0.717) is 38.7 Å². The van der Waals surface area contributed by atoms with E-state index in [9.17, 15) is 29.1 Å². The SMILES string of the molecule is O=C1[C@H]2[C@H](CC=C3[C@H](C4=COc5ccc(O)cc5C4)[C@]4(c5ccc(Cl)cc5)C(=O)N(Nc5ccc(F)cc5)C(=O)[C@@H]4C[C@H]32)C(=O)N1O. The van der Waals surface area contributed by atoms with Crippen LogP contribution in [0.5, 0.6) is 11.5 Å². The van der Waals surface area contributed by atoms with Crippen molar-refractivity contribution in [3.8, 4) is 11.5 Å². The van der Waals surface area contributed by atoms with Crippen LogP contribution in [0.4, 0.5) is 10.1 Å². The number of halogens is 2. The van der Waals surface area contributed by atoms with E-state index in [1.54, 1.807) is 42.7 Å². The maximum Gasteiger partial charge on any atom is 0.260 e. The largest absolute Gasteiger partial charge is 0.508 e. The fraction of sp³-hybridized carbons (Fsp3) is 0.257. The van der Waals surface area contributed by atoms with Crippen molar-refractivity contribution in [1.82, 2.24) is 10.1 Å². The monoisotopic (exact) mass is 655 g/mol. The van der Waals surface area contributed by atoms with Crippen LogP contribution in [0.25, 0.3) is 0 Å². The van der Waals surface area contributed by atoms with E-state index < -0.39 is 64.5 Å². The van der Waals surface area contributed by atoms with E-state index >= 15 is 4.79 Å². The zero-order valence-electron chi connectivity index (χ0n) is 24.6. The van der Waals surface area contributed by atoms with E-state index in [4.69, 9.17) is 16.3 Å². The normalized spacial score (nSPS) is 29.4. The van der Waals surface area contributed by atoms with Gasteiger partial charge in [-0.1, -0.05) is 35.4 Å². The van der Waals surface area contributed by atoms with Gasteiger partial charge in [0.2, 0.25) is 0 Å². The lowest BCUT2D eigenvalue weighted by atomic mass is 9.48. The maximum absolute atomic E-state index is 15.1. The lowest BCUT2D eigenvalue weighted by Crippen LogP contribution is -2.55. The number of fused-ring (bicyclic) bond motifs is 5. The van der Waals surface area contributed by atoms with Gasteiger partial charge in [-0.25, -0.2) is 4.39 Å². The molecule has 3 aromatic rings. The number of anilines is 1. The lowest BCUT2D eigenvalue weighted by Gasteiger charge is -2.51. The molecule has 0 radical (unpaired) electrons. The molecule has 2 aliphatic carbocycles. The summed E-state index contributed by atoms with van der Waals surface area (Å²) in [4.78, 5) is 55.9. The third-order valence-electron chi connectivity index (χ3n) is 10.4. The zero-order chi connectivity index (χ0) is 32.8. The molecule has 3 aliphatic heterocycles. The number of phenols is 1. The van der Waals surface area contributed by atoms with Crippen molar-refractivity contribution in [2.45, 2.75) is 24.7 Å². The molecule has 10 nitrogen and oxygen atoms in total. The average Bonchev–Trinajstić information content (AvgIpc) is 3.42. The van der Waals surface area contributed by atoms with Crippen LogP contribution in [0.2, 0.25) is 5.02 Å². The number of hydrogen-bond acceptors (Lipinski definition) is 8. The number of hydrogen-bond donors (Lipinski definition) is 3. The highest BCUT2D eigenvalue weighted by atomic mass is 35.5. The number of phenolic OH excluding ortho intramolecular Hbond substituents is 1. The number of nitrogens with zero attached hydrogens (tertiary/aromatic N) is 2. The number of nitrogens with one attached hydrogen (secondary N) is 1. The van der Waals surface area contributed by atoms with Gasteiger partial charge in [0.15, 0.2) is 0 Å². The summed E-state index contributed by atoms with van der Waals surface area (Å²) in [5, 5.41) is 22.2. The highest BCUT2D eigenvalue weighted by molar-refractivity contribution is 6.30. The standard InChI is InChI=1S/C35H27ClFN3O7/c36-20-3-1-19(2-4-20)35-27(32(43)39(34(35)45)38-22-7-5-21(37)6-8-22)15-26-24(10-11-25-29(26)33(44)40(46)31(25)42)30(35)18-13-17-14-23(41)9-12-28(17)47-16-18/h1-10,12,14,16,25-27,29-30,38,41,46H,11,13,15H2/t25-,26+,27-,29-,30-,35+/m0/s1. The molecule has 12 heteroatoms. The summed E-state index contributed by atoms with van der Waals surface area (Å²) in [6.45, 7) is 0. The van der Waals surface area contributed by atoms with Crippen molar-refractivity contribution < 1.29 is 38.6 Å². The first-order valence-electron chi connectivity index (χ1n) is 15.2. The van der Waals surface area contributed by atoms with Crippen LogP contribution in [0.3, 0.4) is 0 Å². The average molecular weight is 656 g/mol. The summed E-state index contributed by atoms with van der Waals surface area (Å²) in [7, 11) is 0. The Morgan fingerprint density at radius 2 is 1.68 bits per heavy atom. The third kappa shape index (κ3) is 4.19. The maximum atomic E-state index is 15.1. The number of imide groups is 2. The van der Waals surface area contributed by atoms with Crippen LogP contribution in [0.15, 0.2) is 90.2 Å². The number of amides is 4. The van der Waals surface area contributed by atoms with Crippen LogP contribution in [0.1, 0.15) is 24.0 Å². The molecule has 0 bridgehead atoms. The molecule has 3 heterocycles. The summed E-state index contributed by atoms with van der Waals surface area (Å²) in [6, 6.07) is 16.7. The number of allylic oxidation sites excluding steroid dienone is 3. The zero-order valence-corrected chi connectivity index (χ0v) is 25.4. The Morgan fingerprint density at radius 1 is 0.936 bits per heavy atom. The molecule has 3 fully saturated rings. The first-order chi connectivity index (χ1) is 22.6.